The second-order valence-electron chi connectivity index (χ2n) is 3.40. The molecule has 0 amide bonds. The number of aromatic nitrogens is 1. The van der Waals surface area contributed by atoms with Gasteiger partial charge in [0.15, 0.2) is 0 Å². The van der Waals surface area contributed by atoms with Crippen LogP contribution in [0.2, 0.25) is 0 Å². The Hall–Kier alpha value is -1.93. The molecule has 94 valence electrons. The summed E-state index contributed by atoms with van der Waals surface area (Å²) in [4.78, 5) is 14.2. The van der Waals surface area contributed by atoms with Gasteiger partial charge in [-0.25, -0.2) is 10.8 Å². The molecule has 0 fully saturated rings. The average molecular weight is 241 g/mol. The van der Waals surface area contributed by atoms with Crippen molar-refractivity contribution in [3.05, 3.63) is 22.2 Å². The Morgan fingerprint density at radius 2 is 2.35 bits per heavy atom. The number of nitrogens with zero attached hydrogens (tertiary/aromatic N) is 2. The number of hydrogen-bond donors (Lipinski definition) is 4. The molecule has 1 aromatic heterocycles. The van der Waals surface area contributed by atoms with E-state index in [-0.39, 0.29) is 24.2 Å². The number of nitrogens with two attached hydrogens (primary N) is 1. The SMILES string of the molecule is CCC(CO)Nc1nc(NN)ccc1[N+](=O)[O-]. The molecule has 1 rings (SSSR count). The lowest BCUT2D eigenvalue weighted by Gasteiger charge is -2.15. The van der Waals surface area contributed by atoms with Crippen molar-refractivity contribution in [2.45, 2.75) is 19.4 Å². The van der Waals surface area contributed by atoms with Crippen molar-refractivity contribution in [2.24, 2.45) is 5.84 Å². The van der Waals surface area contributed by atoms with Gasteiger partial charge in [0.25, 0.3) is 0 Å². The van der Waals surface area contributed by atoms with E-state index in [4.69, 9.17) is 10.9 Å². The van der Waals surface area contributed by atoms with Gasteiger partial charge in [-0.1, -0.05) is 6.92 Å². The molecule has 1 unspecified atom stereocenters. The maximum atomic E-state index is 10.8. The molecule has 0 saturated heterocycles. The van der Waals surface area contributed by atoms with Crippen molar-refractivity contribution in [1.29, 1.82) is 0 Å². The van der Waals surface area contributed by atoms with Gasteiger partial charge in [0.1, 0.15) is 5.82 Å². The monoisotopic (exact) mass is 241 g/mol. The molecule has 0 spiro atoms. The minimum Gasteiger partial charge on any atom is -0.394 e. The molecule has 5 N–H and O–H groups in total. The Labute approximate surface area is 98.0 Å². The third-order valence-electron chi connectivity index (χ3n) is 2.27. The largest absolute Gasteiger partial charge is 0.394 e. The molecule has 0 aliphatic heterocycles. The summed E-state index contributed by atoms with van der Waals surface area (Å²) < 4.78 is 0. The molecule has 8 heteroatoms. The summed E-state index contributed by atoms with van der Waals surface area (Å²) in [6.45, 7) is 1.72. The highest BCUT2D eigenvalue weighted by Crippen LogP contribution is 2.24. The van der Waals surface area contributed by atoms with Crippen molar-refractivity contribution < 1.29 is 10.0 Å². The van der Waals surface area contributed by atoms with Crippen LogP contribution in [0.15, 0.2) is 12.1 Å². The van der Waals surface area contributed by atoms with Gasteiger partial charge >= 0.3 is 5.69 Å². The molecule has 0 aromatic carbocycles. The Kier molecular flexibility index (Phi) is 4.61. The van der Waals surface area contributed by atoms with E-state index in [1.807, 2.05) is 6.92 Å². The quantitative estimate of drug-likeness (QED) is 0.323. The van der Waals surface area contributed by atoms with E-state index in [1.165, 1.54) is 12.1 Å². The van der Waals surface area contributed by atoms with Crippen LogP contribution in [0.1, 0.15) is 13.3 Å². The van der Waals surface area contributed by atoms with Gasteiger partial charge in [-0.3, -0.25) is 10.1 Å². The smallest absolute Gasteiger partial charge is 0.311 e. The summed E-state index contributed by atoms with van der Waals surface area (Å²) in [6, 6.07) is 2.42. The Bertz CT molecular complexity index is 394. The van der Waals surface area contributed by atoms with E-state index in [2.05, 4.69) is 15.7 Å². The third kappa shape index (κ3) is 3.26. The summed E-state index contributed by atoms with van der Waals surface area (Å²) in [6.07, 6.45) is 0.621. The van der Waals surface area contributed by atoms with Crippen LogP contribution < -0.4 is 16.6 Å². The molecular weight excluding hydrogens is 226 g/mol. The molecule has 0 radical (unpaired) electrons. The zero-order valence-corrected chi connectivity index (χ0v) is 9.38. The number of nitrogens with one attached hydrogen (secondary N) is 2. The highest BCUT2D eigenvalue weighted by atomic mass is 16.6. The molecule has 8 nitrogen and oxygen atoms in total. The zero-order chi connectivity index (χ0) is 12.8. The average Bonchev–Trinajstić information content (AvgIpc) is 2.35. The first-order valence-electron chi connectivity index (χ1n) is 5.11. The molecule has 0 aliphatic rings. The van der Waals surface area contributed by atoms with Gasteiger partial charge in [-0.15, -0.1) is 0 Å². The summed E-state index contributed by atoms with van der Waals surface area (Å²) in [7, 11) is 0. The van der Waals surface area contributed by atoms with Crippen LogP contribution in [0.3, 0.4) is 0 Å². The number of nitro groups is 1. The molecule has 0 saturated carbocycles. The lowest BCUT2D eigenvalue weighted by atomic mass is 10.2. The van der Waals surface area contributed by atoms with E-state index in [0.29, 0.717) is 12.2 Å². The number of hydrogen-bond acceptors (Lipinski definition) is 7. The first-order valence-corrected chi connectivity index (χ1v) is 5.11. The minimum atomic E-state index is -0.542. The first kappa shape index (κ1) is 13.1. The number of nitrogen functional groups attached to an aromatic ring is 1. The molecule has 17 heavy (non-hydrogen) atoms. The lowest BCUT2D eigenvalue weighted by Crippen LogP contribution is -2.24. The Morgan fingerprint density at radius 1 is 1.65 bits per heavy atom. The summed E-state index contributed by atoms with van der Waals surface area (Å²) in [5.41, 5.74) is 2.15. The van der Waals surface area contributed by atoms with Gasteiger partial charge in [0, 0.05) is 6.07 Å². The predicted molar refractivity (Wildman–Crippen MR) is 63.5 cm³/mol. The fourth-order valence-electron chi connectivity index (χ4n) is 1.26. The summed E-state index contributed by atoms with van der Waals surface area (Å²) in [5, 5.41) is 22.6. The highest BCUT2D eigenvalue weighted by Gasteiger charge is 2.18. The van der Waals surface area contributed by atoms with Crippen molar-refractivity contribution in [1.82, 2.24) is 4.98 Å². The third-order valence-corrected chi connectivity index (χ3v) is 2.27. The highest BCUT2D eigenvalue weighted by molar-refractivity contribution is 5.60. The van der Waals surface area contributed by atoms with Crippen LogP contribution in [0, 0.1) is 10.1 Å². The minimum absolute atomic E-state index is 0.0892. The van der Waals surface area contributed by atoms with E-state index in [9.17, 15) is 10.1 Å². The van der Waals surface area contributed by atoms with Gasteiger partial charge in [0.05, 0.1) is 17.6 Å². The van der Waals surface area contributed by atoms with Crippen LogP contribution in [-0.2, 0) is 0 Å². The zero-order valence-electron chi connectivity index (χ0n) is 9.38. The molecule has 0 bridgehead atoms. The number of aliphatic hydroxyl groups excluding tert-OH is 1. The number of pyridine rings is 1. The van der Waals surface area contributed by atoms with E-state index < -0.39 is 4.92 Å². The molecule has 1 aromatic rings. The second kappa shape index (κ2) is 5.97. The number of aliphatic hydroxyl groups is 1. The van der Waals surface area contributed by atoms with Crippen LogP contribution >= 0.6 is 0 Å². The summed E-state index contributed by atoms with van der Waals surface area (Å²) in [5.74, 6) is 5.58. The van der Waals surface area contributed by atoms with Crippen molar-refractivity contribution in [2.75, 3.05) is 17.3 Å². The Morgan fingerprint density at radius 3 is 2.82 bits per heavy atom. The maximum Gasteiger partial charge on any atom is 0.311 e. The van der Waals surface area contributed by atoms with Crippen molar-refractivity contribution in [3.63, 3.8) is 0 Å². The van der Waals surface area contributed by atoms with Crippen LogP contribution in [0.4, 0.5) is 17.3 Å². The molecule has 0 aliphatic carbocycles. The van der Waals surface area contributed by atoms with Crippen LogP contribution in [0.25, 0.3) is 0 Å². The van der Waals surface area contributed by atoms with E-state index >= 15 is 0 Å². The fourth-order valence-corrected chi connectivity index (χ4v) is 1.26. The maximum absolute atomic E-state index is 10.8. The van der Waals surface area contributed by atoms with Crippen molar-refractivity contribution in [3.8, 4) is 0 Å². The topological polar surface area (TPSA) is 126 Å². The van der Waals surface area contributed by atoms with Crippen molar-refractivity contribution >= 4 is 17.3 Å². The molecule has 1 atom stereocenters. The van der Waals surface area contributed by atoms with Gasteiger partial charge < -0.3 is 15.8 Å². The van der Waals surface area contributed by atoms with Crippen LogP contribution in [0.5, 0.6) is 0 Å². The molecular formula is C9H15N5O3. The summed E-state index contributed by atoms with van der Waals surface area (Å²) >= 11 is 0. The number of anilines is 2. The van der Waals surface area contributed by atoms with E-state index in [1.54, 1.807) is 0 Å². The normalized spacial score (nSPS) is 11.9. The first-order chi connectivity index (χ1) is 8.12. The standard InChI is InChI=1S/C9H15N5O3/c1-2-6(5-15)11-9-7(14(16)17)3-4-8(12-9)13-10/h3-4,6,15H,2,5,10H2,1H3,(H2,11,12,13). The van der Waals surface area contributed by atoms with E-state index in [0.717, 1.165) is 0 Å². The van der Waals surface area contributed by atoms with Gasteiger partial charge in [-0.2, -0.15) is 0 Å². The number of hydrazine groups is 1. The number of rotatable bonds is 6. The Balaban J connectivity index is 3.04. The lowest BCUT2D eigenvalue weighted by molar-refractivity contribution is -0.384. The fraction of sp³-hybridized carbons (Fsp3) is 0.444. The second-order valence-corrected chi connectivity index (χ2v) is 3.40. The predicted octanol–water partition coefficient (Wildman–Crippen LogP) is 0.458. The van der Waals surface area contributed by atoms with Crippen LogP contribution in [-0.4, -0.2) is 27.7 Å². The molecule has 1 heterocycles. The van der Waals surface area contributed by atoms with Gasteiger partial charge in [0.2, 0.25) is 5.82 Å². The van der Waals surface area contributed by atoms with Gasteiger partial charge in [-0.05, 0) is 12.5 Å².